The first-order chi connectivity index (χ1) is 10.9. The van der Waals surface area contributed by atoms with Crippen molar-refractivity contribution in [3.63, 3.8) is 0 Å². The number of nitrogens with zero attached hydrogens (tertiary/aromatic N) is 1. The van der Waals surface area contributed by atoms with Crippen LogP contribution in [0.2, 0.25) is 0 Å². The average Bonchev–Trinajstić information content (AvgIpc) is 2.53. The van der Waals surface area contributed by atoms with E-state index in [9.17, 15) is 19.7 Å². The molecule has 126 valence electrons. The van der Waals surface area contributed by atoms with Crippen molar-refractivity contribution < 1.29 is 24.0 Å². The SMILES string of the molecule is NCCCC[C@H](N)C(=O)OC(=O)OCc1ccc([N+](=O)[O-])cc1. The van der Waals surface area contributed by atoms with Crippen LogP contribution in [0.3, 0.4) is 0 Å². The van der Waals surface area contributed by atoms with Crippen LogP contribution in [-0.2, 0) is 20.9 Å². The summed E-state index contributed by atoms with van der Waals surface area (Å²) in [5.41, 5.74) is 11.3. The lowest BCUT2D eigenvalue weighted by molar-refractivity contribution is -0.384. The minimum absolute atomic E-state index is 0.0741. The Labute approximate surface area is 132 Å². The van der Waals surface area contributed by atoms with Crippen LogP contribution >= 0.6 is 0 Å². The number of ether oxygens (including phenoxy) is 2. The third-order valence-electron chi connectivity index (χ3n) is 2.96. The molecule has 0 unspecified atom stereocenters. The molecule has 0 heterocycles. The molecule has 1 aromatic rings. The van der Waals surface area contributed by atoms with E-state index in [0.717, 1.165) is 6.42 Å². The zero-order valence-electron chi connectivity index (χ0n) is 12.5. The Morgan fingerprint density at radius 3 is 2.43 bits per heavy atom. The molecule has 0 aromatic heterocycles. The van der Waals surface area contributed by atoms with Gasteiger partial charge in [0.25, 0.3) is 5.69 Å². The molecule has 0 saturated carbocycles. The fourth-order valence-corrected chi connectivity index (χ4v) is 1.67. The number of hydrogen-bond acceptors (Lipinski definition) is 8. The highest BCUT2D eigenvalue weighted by molar-refractivity contribution is 5.85. The lowest BCUT2D eigenvalue weighted by Crippen LogP contribution is -2.34. The minimum atomic E-state index is -1.16. The number of nitrogens with two attached hydrogens (primary N) is 2. The van der Waals surface area contributed by atoms with Gasteiger partial charge in [-0.1, -0.05) is 6.42 Å². The summed E-state index contributed by atoms with van der Waals surface area (Å²) in [4.78, 5) is 32.9. The molecule has 0 aliphatic carbocycles. The van der Waals surface area contributed by atoms with E-state index in [-0.39, 0.29) is 12.3 Å². The Balaban J connectivity index is 2.35. The first-order valence-corrected chi connectivity index (χ1v) is 7.01. The maximum absolute atomic E-state index is 11.5. The summed E-state index contributed by atoms with van der Waals surface area (Å²) in [6.07, 6.45) is 0.588. The maximum atomic E-state index is 11.5. The van der Waals surface area contributed by atoms with Gasteiger partial charge in [0.15, 0.2) is 0 Å². The number of esters is 1. The largest absolute Gasteiger partial charge is 0.516 e. The fourth-order valence-electron chi connectivity index (χ4n) is 1.67. The highest BCUT2D eigenvalue weighted by atomic mass is 16.7. The fraction of sp³-hybridized carbons (Fsp3) is 0.429. The van der Waals surface area contributed by atoms with Crippen LogP contribution in [0.25, 0.3) is 0 Å². The van der Waals surface area contributed by atoms with Crippen molar-refractivity contribution in [3.05, 3.63) is 39.9 Å². The molecule has 9 nitrogen and oxygen atoms in total. The molecule has 0 amide bonds. The summed E-state index contributed by atoms with van der Waals surface area (Å²) in [6.45, 7) is 0.325. The third-order valence-corrected chi connectivity index (χ3v) is 2.96. The second kappa shape index (κ2) is 9.49. The molecule has 23 heavy (non-hydrogen) atoms. The van der Waals surface area contributed by atoms with Crippen LogP contribution in [0.15, 0.2) is 24.3 Å². The van der Waals surface area contributed by atoms with Crippen molar-refractivity contribution in [2.75, 3.05) is 6.54 Å². The maximum Gasteiger partial charge on any atom is 0.516 e. The Morgan fingerprint density at radius 1 is 1.22 bits per heavy atom. The summed E-state index contributed by atoms with van der Waals surface area (Å²) in [7, 11) is 0. The quantitative estimate of drug-likeness (QED) is 0.238. The van der Waals surface area contributed by atoms with E-state index in [4.69, 9.17) is 16.2 Å². The summed E-state index contributed by atoms with van der Waals surface area (Å²) in [5, 5.41) is 10.5. The molecule has 0 aliphatic rings. The number of unbranched alkanes of at least 4 members (excludes halogenated alkanes) is 1. The summed E-state index contributed by atoms with van der Waals surface area (Å²) in [6, 6.07) is 4.52. The van der Waals surface area contributed by atoms with Crippen LogP contribution in [0.1, 0.15) is 24.8 Å². The van der Waals surface area contributed by atoms with Crippen LogP contribution in [0, 0.1) is 10.1 Å². The number of nitro groups is 1. The van der Waals surface area contributed by atoms with E-state index in [0.29, 0.717) is 24.9 Å². The zero-order chi connectivity index (χ0) is 17.2. The van der Waals surface area contributed by atoms with Crippen molar-refractivity contribution in [2.45, 2.75) is 31.9 Å². The molecule has 0 aliphatic heterocycles. The van der Waals surface area contributed by atoms with E-state index in [1.54, 1.807) is 0 Å². The Morgan fingerprint density at radius 2 is 1.87 bits per heavy atom. The molecule has 1 aromatic carbocycles. The van der Waals surface area contributed by atoms with Gasteiger partial charge in [-0.15, -0.1) is 0 Å². The molecule has 0 radical (unpaired) electrons. The molecule has 0 fully saturated rings. The van der Waals surface area contributed by atoms with Gasteiger partial charge in [0.2, 0.25) is 0 Å². The van der Waals surface area contributed by atoms with Crippen molar-refractivity contribution in [1.82, 2.24) is 0 Å². The number of hydrogen-bond donors (Lipinski definition) is 2. The number of nitro benzene ring substituents is 1. The van der Waals surface area contributed by atoms with Gasteiger partial charge in [0, 0.05) is 12.1 Å². The Hall–Kier alpha value is -2.52. The van der Waals surface area contributed by atoms with Crippen molar-refractivity contribution >= 4 is 17.8 Å². The number of carbonyl (C=O) groups excluding carboxylic acids is 2. The van der Waals surface area contributed by atoms with E-state index >= 15 is 0 Å². The van der Waals surface area contributed by atoms with Gasteiger partial charge < -0.3 is 20.9 Å². The Bertz CT molecular complexity index is 546. The Kier molecular flexibility index (Phi) is 7.64. The first-order valence-electron chi connectivity index (χ1n) is 7.01. The molecule has 0 saturated heterocycles. The van der Waals surface area contributed by atoms with Crippen LogP contribution < -0.4 is 11.5 Å². The molecule has 4 N–H and O–H groups in total. The second-order valence-corrected chi connectivity index (χ2v) is 4.77. The van der Waals surface area contributed by atoms with Crippen LogP contribution in [0.4, 0.5) is 10.5 Å². The molecule has 0 bridgehead atoms. The monoisotopic (exact) mass is 325 g/mol. The standard InChI is InChI=1S/C14H19N3O6/c15-8-2-1-3-12(16)13(18)23-14(19)22-9-10-4-6-11(7-5-10)17(20)21/h4-7,12H,1-3,8-9,15-16H2/t12-/m0/s1. The van der Waals surface area contributed by atoms with E-state index < -0.39 is 23.1 Å². The molecule has 1 rings (SSSR count). The predicted octanol–water partition coefficient (Wildman–Crippen LogP) is 1.23. The summed E-state index contributed by atoms with van der Waals surface area (Å²) in [5.74, 6) is -0.865. The summed E-state index contributed by atoms with van der Waals surface area (Å²) < 4.78 is 9.21. The van der Waals surface area contributed by atoms with Gasteiger partial charge in [-0.25, -0.2) is 9.59 Å². The third kappa shape index (κ3) is 6.85. The number of non-ortho nitro benzene ring substituents is 1. The lowest BCUT2D eigenvalue weighted by atomic mass is 10.1. The summed E-state index contributed by atoms with van der Waals surface area (Å²) >= 11 is 0. The highest BCUT2D eigenvalue weighted by Crippen LogP contribution is 2.12. The molecular weight excluding hydrogens is 306 g/mol. The highest BCUT2D eigenvalue weighted by Gasteiger charge is 2.19. The van der Waals surface area contributed by atoms with Gasteiger partial charge in [-0.2, -0.15) is 0 Å². The number of carbonyl (C=O) groups is 2. The first kappa shape index (κ1) is 18.5. The van der Waals surface area contributed by atoms with Crippen molar-refractivity contribution in [2.24, 2.45) is 11.5 Å². The minimum Gasteiger partial charge on any atom is -0.429 e. The molecule has 1 atom stereocenters. The second-order valence-electron chi connectivity index (χ2n) is 4.77. The number of rotatable bonds is 8. The van der Waals surface area contributed by atoms with Crippen molar-refractivity contribution in [1.29, 1.82) is 0 Å². The van der Waals surface area contributed by atoms with Gasteiger partial charge in [-0.3, -0.25) is 10.1 Å². The van der Waals surface area contributed by atoms with Crippen LogP contribution in [-0.4, -0.2) is 29.6 Å². The predicted molar refractivity (Wildman–Crippen MR) is 80.3 cm³/mol. The molecule has 0 spiro atoms. The lowest BCUT2D eigenvalue weighted by Gasteiger charge is -2.10. The van der Waals surface area contributed by atoms with Crippen LogP contribution in [0.5, 0.6) is 0 Å². The van der Waals surface area contributed by atoms with Crippen molar-refractivity contribution in [3.8, 4) is 0 Å². The number of benzene rings is 1. The average molecular weight is 325 g/mol. The smallest absolute Gasteiger partial charge is 0.429 e. The van der Waals surface area contributed by atoms with Gasteiger partial charge in [0.05, 0.1) is 4.92 Å². The van der Waals surface area contributed by atoms with Gasteiger partial charge >= 0.3 is 12.1 Å². The van der Waals surface area contributed by atoms with Gasteiger partial charge in [-0.05, 0) is 37.1 Å². The van der Waals surface area contributed by atoms with E-state index in [1.807, 2.05) is 0 Å². The van der Waals surface area contributed by atoms with E-state index in [2.05, 4.69) is 4.74 Å². The topological polar surface area (TPSA) is 148 Å². The molecule has 9 heteroatoms. The van der Waals surface area contributed by atoms with Gasteiger partial charge in [0.1, 0.15) is 12.6 Å². The van der Waals surface area contributed by atoms with E-state index in [1.165, 1.54) is 24.3 Å². The normalized spacial score (nSPS) is 11.6. The molecular formula is C14H19N3O6. The zero-order valence-corrected chi connectivity index (χ0v) is 12.5.